The Morgan fingerprint density at radius 3 is 2.59 bits per heavy atom. The van der Waals surface area contributed by atoms with Crippen LogP contribution < -0.4 is 10.6 Å². The maximum Gasteiger partial charge on any atom is 0.210 e. The van der Waals surface area contributed by atoms with Gasteiger partial charge < -0.3 is 10.6 Å². The molecule has 0 spiro atoms. The Kier molecular flexibility index (Phi) is 6.23. The molecule has 0 fully saturated rings. The Bertz CT molecular complexity index is 894. The first-order valence-corrected chi connectivity index (χ1v) is 9.80. The first-order valence-electron chi connectivity index (χ1n) is 8.43. The predicted octanol–water partition coefficient (Wildman–Crippen LogP) is 4.78. The van der Waals surface area contributed by atoms with E-state index in [9.17, 15) is 4.39 Å². The topological polar surface area (TPSA) is 66.0 Å². The van der Waals surface area contributed by atoms with E-state index in [1.165, 1.54) is 28.1 Å². The molecular formula is C19H20ClFN4OS. The van der Waals surface area contributed by atoms with E-state index in [0.29, 0.717) is 33.2 Å². The van der Waals surface area contributed by atoms with Crippen molar-refractivity contribution in [1.29, 1.82) is 0 Å². The van der Waals surface area contributed by atoms with Crippen LogP contribution in [0, 0.1) is 5.82 Å². The van der Waals surface area contributed by atoms with Gasteiger partial charge in [0.05, 0.1) is 0 Å². The summed E-state index contributed by atoms with van der Waals surface area (Å²) in [6, 6.07) is 12.5. The number of hydrogen-bond acceptors (Lipinski definition) is 5. The van der Waals surface area contributed by atoms with Gasteiger partial charge in [-0.05, 0) is 35.7 Å². The van der Waals surface area contributed by atoms with Crippen LogP contribution >= 0.6 is 23.4 Å². The van der Waals surface area contributed by atoms with E-state index in [1.54, 1.807) is 12.1 Å². The van der Waals surface area contributed by atoms with E-state index < -0.39 is 0 Å². The number of aromatic nitrogens is 3. The Morgan fingerprint density at radius 2 is 1.93 bits per heavy atom. The van der Waals surface area contributed by atoms with E-state index in [1.807, 2.05) is 24.3 Å². The highest BCUT2D eigenvalue weighted by Crippen LogP contribution is 2.27. The number of ether oxygens (including phenoxy) is 1. The van der Waals surface area contributed by atoms with Crippen molar-refractivity contribution in [1.82, 2.24) is 14.9 Å². The van der Waals surface area contributed by atoms with Gasteiger partial charge >= 0.3 is 0 Å². The fourth-order valence-corrected chi connectivity index (χ4v) is 3.63. The number of rotatable bonds is 7. The van der Waals surface area contributed by atoms with Gasteiger partial charge in [0.1, 0.15) is 18.2 Å². The quantitative estimate of drug-likeness (QED) is 0.452. The van der Waals surface area contributed by atoms with Gasteiger partial charge in [-0.25, -0.2) is 9.07 Å². The lowest BCUT2D eigenvalue weighted by Crippen LogP contribution is -2.15. The normalized spacial score (nSPS) is 11.1. The SMILES string of the molecule is CC(C)c1ccc(OCc2nnc(SCc3c(F)cccc3Cl)n2N)cc1. The summed E-state index contributed by atoms with van der Waals surface area (Å²) < 4.78 is 20.9. The fraction of sp³-hybridized carbons (Fsp3) is 0.263. The van der Waals surface area contributed by atoms with Crippen LogP contribution in [0.3, 0.4) is 0 Å². The molecule has 0 atom stereocenters. The van der Waals surface area contributed by atoms with Crippen molar-refractivity contribution in [2.24, 2.45) is 0 Å². The smallest absolute Gasteiger partial charge is 0.210 e. The molecule has 1 aromatic heterocycles. The molecule has 0 aliphatic heterocycles. The highest BCUT2D eigenvalue weighted by molar-refractivity contribution is 7.98. The molecule has 0 bridgehead atoms. The van der Waals surface area contributed by atoms with E-state index >= 15 is 0 Å². The molecule has 142 valence electrons. The number of thioether (sulfide) groups is 1. The molecule has 0 aliphatic carbocycles. The van der Waals surface area contributed by atoms with Gasteiger partial charge in [-0.2, -0.15) is 0 Å². The maximum absolute atomic E-state index is 13.9. The zero-order valence-electron chi connectivity index (χ0n) is 15.0. The van der Waals surface area contributed by atoms with Crippen molar-refractivity contribution in [2.75, 3.05) is 5.84 Å². The van der Waals surface area contributed by atoms with Crippen LogP contribution in [-0.2, 0) is 12.4 Å². The van der Waals surface area contributed by atoms with Crippen molar-refractivity contribution in [3.8, 4) is 5.75 Å². The van der Waals surface area contributed by atoms with Crippen LogP contribution in [0.1, 0.15) is 36.7 Å². The summed E-state index contributed by atoms with van der Waals surface area (Å²) in [5.41, 5.74) is 1.66. The summed E-state index contributed by atoms with van der Waals surface area (Å²) in [6.07, 6.45) is 0. The van der Waals surface area contributed by atoms with Gasteiger partial charge in [0.15, 0.2) is 5.82 Å². The Morgan fingerprint density at radius 1 is 1.19 bits per heavy atom. The maximum atomic E-state index is 13.9. The standard InChI is InChI=1S/C19H20ClFN4OS/c1-12(2)13-6-8-14(9-7-13)26-10-18-23-24-19(25(18)22)27-11-15-16(20)4-3-5-17(15)21/h3-9,12H,10-11,22H2,1-2H3. The van der Waals surface area contributed by atoms with E-state index in [2.05, 4.69) is 24.0 Å². The first kappa shape index (κ1) is 19.5. The molecular weight excluding hydrogens is 387 g/mol. The monoisotopic (exact) mass is 406 g/mol. The molecule has 0 amide bonds. The molecule has 0 unspecified atom stereocenters. The van der Waals surface area contributed by atoms with Gasteiger partial charge in [0, 0.05) is 16.3 Å². The van der Waals surface area contributed by atoms with E-state index in [0.717, 1.165) is 5.75 Å². The lowest BCUT2D eigenvalue weighted by Gasteiger charge is -2.09. The highest BCUT2D eigenvalue weighted by atomic mass is 35.5. The fourth-order valence-electron chi connectivity index (χ4n) is 2.41. The van der Waals surface area contributed by atoms with Crippen molar-refractivity contribution >= 4 is 23.4 Å². The molecule has 0 saturated carbocycles. The number of nitrogens with zero attached hydrogens (tertiary/aromatic N) is 3. The third-order valence-corrected chi connectivity index (χ3v) is 5.38. The second kappa shape index (κ2) is 8.63. The summed E-state index contributed by atoms with van der Waals surface area (Å²) in [6.45, 7) is 4.46. The summed E-state index contributed by atoms with van der Waals surface area (Å²) in [7, 11) is 0. The second-order valence-corrected chi connectivity index (χ2v) is 7.62. The molecule has 3 rings (SSSR count). The van der Waals surface area contributed by atoms with Gasteiger partial charge in [-0.1, -0.05) is 55.4 Å². The zero-order valence-corrected chi connectivity index (χ0v) is 16.6. The van der Waals surface area contributed by atoms with E-state index in [-0.39, 0.29) is 12.4 Å². The highest BCUT2D eigenvalue weighted by Gasteiger charge is 2.14. The largest absolute Gasteiger partial charge is 0.486 e. The predicted molar refractivity (Wildman–Crippen MR) is 106 cm³/mol. The van der Waals surface area contributed by atoms with Crippen molar-refractivity contribution < 1.29 is 9.13 Å². The molecule has 0 radical (unpaired) electrons. The number of hydrogen-bond donors (Lipinski definition) is 1. The van der Waals surface area contributed by atoms with Gasteiger partial charge in [0.25, 0.3) is 0 Å². The molecule has 5 nitrogen and oxygen atoms in total. The summed E-state index contributed by atoms with van der Waals surface area (Å²) in [5.74, 6) is 7.66. The van der Waals surface area contributed by atoms with Crippen LogP contribution in [0.15, 0.2) is 47.6 Å². The average Bonchev–Trinajstić information content (AvgIpc) is 3.00. The van der Waals surface area contributed by atoms with Gasteiger partial charge in [-0.15, -0.1) is 10.2 Å². The number of benzene rings is 2. The van der Waals surface area contributed by atoms with E-state index in [4.69, 9.17) is 22.2 Å². The molecule has 0 aliphatic rings. The minimum Gasteiger partial charge on any atom is -0.486 e. The van der Waals surface area contributed by atoms with Crippen molar-refractivity contribution in [2.45, 2.75) is 37.3 Å². The molecule has 2 N–H and O–H groups in total. The second-order valence-electron chi connectivity index (χ2n) is 6.27. The van der Waals surface area contributed by atoms with Crippen LogP contribution in [0.2, 0.25) is 5.02 Å². The molecule has 27 heavy (non-hydrogen) atoms. The average molecular weight is 407 g/mol. The summed E-state index contributed by atoms with van der Waals surface area (Å²) in [4.78, 5) is 0. The third-order valence-electron chi connectivity index (χ3n) is 4.06. The first-order chi connectivity index (χ1) is 13.0. The Balaban J connectivity index is 1.61. The summed E-state index contributed by atoms with van der Waals surface area (Å²) in [5, 5.41) is 8.93. The molecule has 3 aromatic rings. The number of nitrogen functional groups attached to an aromatic ring is 1. The van der Waals surface area contributed by atoms with Crippen LogP contribution in [0.4, 0.5) is 4.39 Å². The van der Waals surface area contributed by atoms with Gasteiger partial charge in [0.2, 0.25) is 5.16 Å². The molecule has 1 heterocycles. The summed E-state index contributed by atoms with van der Waals surface area (Å²) >= 11 is 7.30. The zero-order chi connectivity index (χ0) is 19.4. The lowest BCUT2D eigenvalue weighted by atomic mass is 10.0. The van der Waals surface area contributed by atoms with Crippen molar-refractivity contribution in [3.05, 3.63) is 70.3 Å². The Labute approximate surface area is 166 Å². The van der Waals surface area contributed by atoms with Gasteiger partial charge in [-0.3, -0.25) is 0 Å². The Hall–Kier alpha value is -2.25. The van der Waals surface area contributed by atoms with Crippen LogP contribution in [0.25, 0.3) is 0 Å². The number of nitrogens with two attached hydrogens (primary N) is 1. The number of halogens is 2. The minimum absolute atomic E-state index is 0.186. The van der Waals surface area contributed by atoms with Crippen LogP contribution in [-0.4, -0.2) is 14.9 Å². The lowest BCUT2D eigenvalue weighted by molar-refractivity contribution is 0.291. The molecule has 0 saturated heterocycles. The third kappa shape index (κ3) is 4.73. The minimum atomic E-state index is -0.355. The molecule has 8 heteroatoms. The van der Waals surface area contributed by atoms with Crippen molar-refractivity contribution in [3.63, 3.8) is 0 Å². The van der Waals surface area contributed by atoms with Crippen LogP contribution in [0.5, 0.6) is 5.75 Å². The molecule has 2 aromatic carbocycles.